The van der Waals surface area contributed by atoms with Crippen LogP contribution in [0.1, 0.15) is 0 Å². The Kier molecular flexibility index (Phi) is 2.02. The summed E-state index contributed by atoms with van der Waals surface area (Å²) < 4.78 is 0. The number of aliphatic imine (C=N–C) groups is 1. The molecule has 14 heavy (non-hydrogen) atoms. The number of anilines is 1. The molecule has 0 amide bonds. The van der Waals surface area contributed by atoms with E-state index in [1.165, 1.54) is 0 Å². The molecule has 1 aromatic rings. The van der Waals surface area contributed by atoms with Gasteiger partial charge in [0.05, 0.1) is 6.54 Å². The molecule has 0 saturated heterocycles. The highest BCUT2D eigenvalue weighted by Gasteiger charge is 2.15. The summed E-state index contributed by atoms with van der Waals surface area (Å²) in [7, 11) is 0. The zero-order valence-corrected chi connectivity index (χ0v) is 7.46. The molecule has 72 valence electrons. The van der Waals surface area contributed by atoms with Gasteiger partial charge in [-0.3, -0.25) is 4.90 Å². The molecular weight excluding hydrogens is 180 g/mol. The first-order valence-electron chi connectivity index (χ1n) is 4.12. The van der Waals surface area contributed by atoms with Crippen LogP contribution in [0.4, 0.5) is 5.95 Å². The van der Waals surface area contributed by atoms with Crippen molar-refractivity contribution in [2.75, 3.05) is 11.4 Å². The summed E-state index contributed by atoms with van der Waals surface area (Å²) >= 11 is 0. The van der Waals surface area contributed by atoms with E-state index in [-0.39, 0.29) is 0 Å². The van der Waals surface area contributed by atoms with E-state index in [4.69, 9.17) is 11.5 Å². The first-order chi connectivity index (χ1) is 6.77. The maximum absolute atomic E-state index is 5.68. The monoisotopic (exact) mass is 190 g/mol. The Morgan fingerprint density at radius 1 is 1.21 bits per heavy atom. The lowest BCUT2D eigenvalue weighted by molar-refractivity contribution is 0.963. The van der Waals surface area contributed by atoms with Gasteiger partial charge in [0.2, 0.25) is 11.9 Å². The molecule has 0 bridgehead atoms. The summed E-state index contributed by atoms with van der Waals surface area (Å²) in [6, 6.07) is 1.74. The summed E-state index contributed by atoms with van der Waals surface area (Å²) in [5, 5.41) is 0. The van der Waals surface area contributed by atoms with Crippen molar-refractivity contribution in [3.8, 4) is 0 Å². The van der Waals surface area contributed by atoms with Gasteiger partial charge in [0.1, 0.15) is 5.82 Å². The van der Waals surface area contributed by atoms with Gasteiger partial charge in [-0.15, -0.1) is 0 Å². The Labute approximate surface area is 81.0 Å². The molecule has 6 nitrogen and oxygen atoms in total. The maximum Gasteiger partial charge on any atom is 0.232 e. The molecular formula is C8H10N6. The van der Waals surface area contributed by atoms with Crippen molar-refractivity contribution in [1.82, 2.24) is 9.97 Å². The lowest BCUT2D eigenvalue weighted by atomic mass is 10.4. The molecule has 1 aromatic heterocycles. The predicted octanol–water partition coefficient (Wildman–Crippen LogP) is -0.589. The molecule has 0 radical (unpaired) electrons. The number of aromatic nitrogens is 2. The normalized spacial score (nSPS) is 16.1. The van der Waals surface area contributed by atoms with Gasteiger partial charge in [0, 0.05) is 12.4 Å². The highest BCUT2D eigenvalue weighted by molar-refractivity contribution is 5.94. The zero-order chi connectivity index (χ0) is 9.97. The van der Waals surface area contributed by atoms with E-state index >= 15 is 0 Å². The minimum Gasteiger partial charge on any atom is -0.384 e. The fourth-order valence-electron chi connectivity index (χ4n) is 1.13. The Morgan fingerprint density at radius 3 is 2.57 bits per heavy atom. The van der Waals surface area contributed by atoms with Crippen LogP contribution < -0.4 is 16.4 Å². The predicted molar refractivity (Wildman–Crippen MR) is 53.3 cm³/mol. The van der Waals surface area contributed by atoms with E-state index in [2.05, 4.69) is 15.0 Å². The Bertz CT molecular complexity index is 382. The number of nitrogens with two attached hydrogens (primary N) is 2. The number of guanidine groups is 1. The smallest absolute Gasteiger partial charge is 0.232 e. The molecule has 0 atom stereocenters. The van der Waals surface area contributed by atoms with Crippen molar-refractivity contribution in [2.24, 2.45) is 16.5 Å². The fraction of sp³-hybridized carbons (Fsp3) is 0.125. The molecule has 1 aliphatic heterocycles. The van der Waals surface area contributed by atoms with Crippen LogP contribution in [0, 0.1) is 0 Å². The third-order valence-electron chi connectivity index (χ3n) is 1.80. The van der Waals surface area contributed by atoms with Gasteiger partial charge < -0.3 is 11.5 Å². The van der Waals surface area contributed by atoms with Gasteiger partial charge in [-0.1, -0.05) is 0 Å². The quantitative estimate of drug-likeness (QED) is 0.617. The minimum atomic E-state index is 0.316. The standard InChI is InChI=1S/C8H10N6/c9-6-2-5-14(7(10)13-6)8-11-3-1-4-12-8/h1-4H,5,9H2,(H2,10,13). The van der Waals surface area contributed by atoms with Crippen molar-refractivity contribution in [3.63, 3.8) is 0 Å². The van der Waals surface area contributed by atoms with Crippen molar-refractivity contribution in [1.29, 1.82) is 0 Å². The van der Waals surface area contributed by atoms with Crippen molar-refractivity contribution < 1.29 is 0 Å². The summed E-state index contributed by atoms with van der Waals surface area (Å²) in [5.41, 5.74) is 11.2. The Balaban J connectivity index is 2.27. The largest absolute Gasteiger partial charge is 0.384 e. The molecule has 6 heteroatoms. The van der Waals surface area contributed by atoms with E-state index in [1.54, 1.807) is 29.4 Å². The second kappa shape index (κ2) is 3.33. The zero-order valence-electron chi connectivity index (χ0n) is 7.46. The van der Waals surface area contributed by atoms with Gasteiger partial charge in [-0.2, -0.15) is 4.99 Å². The summed E-state index contributed by atoms with van der Waals surface area (Å²) in [5.74, 6) is 1.27. The summed E-state index contributed by atoms with van der Waals surface area (Å²) in [6.07, 6.45) is 5.06. The van der Waals surface area contributed by atoms with E-state index in [0.717, 1.165) is 0 Å². The van der Waals surface area contributed by atoms with Crippen LogP contribution in [0.5, 0.6) is 0 Å². The van der Waals surface area contributed by atoms with Crippen LogP contribution in [0.25, 0.3) is 0 Å². The van der Waals surface area contributed by atoms with Crippen LogP contribution in [0.2, 0.25) is 0 Å². The molecule has 2 rings (SSSR count). The number of rotatable bonds is 1. The first-order valence-corrected chi connectivity index (χ1v) is 4.12. The van der Waals surface area contributed by atoms with Crippen LogP contribution >= 0.6 is 0 Å². The summed E-state index contributed by atoms with van der Waals surface area (Å²) in [6.45, 7) is 0.547. The topological polar surface area (TPSA) is 93.4 Å². The highest BCUT2D eigenvalue weighted by Crippen LogP contribution is 2.08. The molecule has 0 saturated carbocycles. The molecule has 0 aromatic carbocycles. The number of nitrogens with zero attached hydrogens (tertiary/aromatic N) is 4. The molecule has 1 aliphatic rings. The van der Waals surface area contributed by atoms with Gasteiger partial charge in [0.25, 0.3) is 0 Å². The molecule has 0 spiro atoms. The van der Waals surface area contributed by atoms with Crippen LogP contribution in [-0.4, -0.2) is 22.5 Å². The van der Waals surface area contributed by atoms with Gasteiger partial charge in [0.15, 0.2) is 0 Å². The second-order valence-electron chi connectivity index (χ2n) is 2.76. The van der Waals surface area contributed by atoms with Crippen molar-refractivity contribution >= 4 is 11.9 Å². The third kappa shape index (κ3) is 1.49. The van der Waals surface area contributed by atoms with Crippen molar-refractivity contribution in [3.05, 3.63) is 30.4 Å². The minimum absolute atomic E-state index is 0.316. The molecule has 0 fully saturated rings. The van der Waals surface area contributed by atoms with E-state index in [9.17, 15) is 0 Å². The summed E-state index contributed by atoms with van der Waals surface area (Å²) in [4.78, 5) is 13.7. The van der Waals surface area contributed by atoms with Crippen LogP contribution in [0.15, 0.2) is 35.3 Å². The van der Waals surface area contributed by atoms with Crippen LogP contribution in [-0.2, 0) is 0 Å². The van der Waals surface area contributed by atoms with Crippen molar-refractivity contribution in [2.45, 2.75) is 0 Å². The average molecular weight is 190 g/mol. The molecule has 2 heterocycles. The molecule has 4 N–H and O–H groups in total. The Hall–Kier alpha value is -2.11. The lowest BCUT2D eigenvalue weighted by Gasteiger charge is -2.22. The Morgan fingerprint density at radius 2 is 1.93 bits per heavy atom. The van der Waals surface area contributed by atoms with E-state index < -0.39 is 0 Å². The first kappa shape index (κ1) is 8.49. The van der Waals surface area contributed by atoms with E-state index in [0.29, 0.717) is 24.3 Å². The fourth-order valence-corrected chi connectivity index (χ4v) is 1.13. The van der Waals surface area contributed by atoms with E-state index in [1.807, 2.05) is 0 Å². The number of hydrogen-bond donors (Lipinski definition) is 2. The SMILES string of the molecule is NC1=CCN(c2ncccn2)C(N)=N1. The second-order valence-corrected chi connectivity index (χ2v) is 2.76. The molecule has 0 aliphatic carbocycles. The highest BCUT2D eigenvalue weighted by atomic mass is 15.3. The van der Waals surface area contributed by atoms with Gasteiger partial charge in [-0.05, 0) is 12.1 Å². The third-order valence-corrected chi connectivity index (χ3v) is 1.80. The van der Waals surface area contributed by atoms with Gasteiger partial charge >= 0.3 is 0 Å². The molecule has 0 unspecified atom stereocenters. The lowest BCUT2D eigenvalue weighted by Crippen LogP contribution is -2.41. The maximum atomic E-state index is 5.68. The number of hydrogen-bond acceptors (Lipinski definition) is 6. The average Bonchev–Trinajstić information content (AvgIpc) is 2.19. The van der Waals surface area contributed by atoms with Gasteiger partial charge in [-0.25, -0.2) is 9.97 Å². The van der Waals surface area contributed by atoms with Crippen LogP contribution in [0.3, 0.4) is 0 Å².